The van der Waals surface area contributed by atoms with E-state index in [-0.39, 0.29) is 12.5 Å². The van der Waals surface area contributed by atoms with E-state index in [1.807, 2.05) is 6.07 Å². The molecule has 0 atom stereocenters. The first kappa shape index (κ1) is 19.1. The standard InChI is InChI=1S/C18H18Cl2N2O3/c1-25-18(24)14-4-2-3-5-16(14)22-11-17(23)21-9-8-12-6-7-13(19)10-15(12)20/h2-7,10,22H,8-9,11H2,1H3,(H,21,23). The number of carbonyl (C=O) groups excluding carboxylic acids is 2. The molecule has 0 saturated carbocycles. The van der Waals surface area contributed by atoms with Crippen molar-refractivity contribution in [2.45, 2.75) is 6.42 Å². The molecule has 0 unspecified atom stereocenters. The van der Waals surface area contributed by atoms with Crippen molar-refractivity contribution in [2.24, 2.45) is 0 Å². The van der Waals surface area contributed by atoms with Crippen molar-refractivity contribution in [3.05, 3.63) is 63.6 Å². The van der Waals surface area contributed by atoms with Gasteiger partial charge in [-0.15, -0.1) is 0 Å². The Bertz CT molecular complexity index is 766. The Labute approximate surface area is 156 Å². The van der Waals surface area contributed by atoms with E-state index in [0.29, 0.717) is 34.3 Å². The number of methoxy groups -OCH3 is 1. The van der Waals surface area contributed by atoms with Crippen LogP contribution in [0.4, 0.5) is 5.69 Å². The van der Waals surface area contributed by atoms with Gasteiger partial charge in [0, 0.05) is 22.3 Å². The first-order chi connectivity index (χ1) is 12.0. The third-order valence-corrected chi connectivity index (χ3v) is 4.09. The Hall–Kier alpha value is -2.24. The van der Waals surface area contributed by atoms with Gasteiger partial charge in [0.15, 0.2) is 0 Å². The largest absolute Gasteiger partial charge is 0.465 e. The maximum Gasteiger partial charge on any atom is 0.339 e. The highest BCUT2D eigenvalue weighted by atomic mass is 35.5. The second kappa shape index (κ2) is 9.30. The Morgan fingerprint density at radius 1 is 1.12 bits per heavy atom. The number of esters is 1. The Morgan fingerprint density at radius 2 is 1.88 bits per heavy atom. The molecular weight excluding hydrogens is 363 g/mol. The first-order valence-electron chi connectivity index (χ1n) is 7.63. The number of hydrogen-bond acceptors (Lipinski definition) is 4. The lowest BCUT2D eigenvalue weighted by Crippen LogP contribution is -2.31. The topological polar surface area (TPSA) is 67.4 Å². The molecule has 0 aliphatic rings. The van der Waals surface area contributed by atoms with E-state index in [4.69, 9.17) is 27.9 Å². The maximum atomic E-state index is 12.0. The van der Waals surface area contributed by atoms with Crippen molar-refractivity contribution in [2.75, 3.05) is 25.5 Å². The van der Waals surface area contributed by atoms with E-state index >= 15 is 0 Å². The van der Waals surface area contributed by atoms with Crippen LogP contribution in [-0.2, 0) is 16.0 Å². The Balaban J connectivity index is 1.82. The number of ether oxygens (including phenoxy) is 1. The fraction of sp³-hybridized carbons (Fsp3) is 0.222. The SMILES string of the molecule is COC(=O)c1ccccc1NCC(=O)NCCc1ccc(Cl)cc1Cl. The molecule has 0 bridgehead atoms. The van der Waals surface area contributed by atoms with Gasteiger partial charge < -0.3 is 15.4 Å². The molecule has 0 radical (unpaired) electrons. The first-order valence-corrected chi connectivity index (χ1v) is 8.38. The lowest BCUT2D eigenvalue weighted by atomic mass is 10.1. The molecule has 25 heavy (non-hydrogen) atoms. The highest BCUT2D eigenvalue weighted by Gasteiger charge is 2.11. The van der Waals surface area contributed by atoms with Crippen molar-refractivity contribution in [3.63, 3.8) is 0 Å². The molecule has 2 aromatic rings. The molecule has 132 valence electrons. The minimum absolute atomic E-state index is 0.0440. The number of anilines is 1. The molecule has 0 saturated heterocycles. The van der Waals surface area contributed by atoms with Gasteiger partial charge in [-0.3, -0.25) is 4.79 Å². The minimum atomic E-state index is -0.458. The van der Waals surface area contributed by atoms with Gasteiger partial charge in [0.25, 0.3) is 0 Å². The van der Waals surface area contributed by atoms with Gasteiger partial charge in [0.05, 0.1) is 19.2 Å². The molecule has 2 rings (SSSR count). The summed E-state index contributed by atoms with van der Waals surface area (Å²) in [6.07, 6.45) is 0.598. The van der Waals surface area contributed by atoms with Crippen molar-refractivity contribution in [3.8, 4) is 0 Å². The van der Waals surface area contributed by atoms with E-state index in [2.05, 4.69) is 10.6 Å². The van der Waals surface area contributed by atoms with Crippen molar-refractivity contribution in [1.82, 2.24) is 5.32 Å². The number of rotatable bonds is 7. The van der Waals surface area contributed by atoms with Crippen LogP contribution >= 0.6 is 23.2 Å². The van der Waals surface area contributed by atoms with Crippen LogP contribution in [-0.4, -0.2) is 32.1 Å². The molecule has 0 heterocycles. The zero-order chi connectivity index (χ0) is 18.2. The highest BCUT2D eigenvalue weighted by molar-refractivity contribution is 6.35. The van der Waals surface area contributed by atoms with Crippen LogP contribution in [0.25, 0.3) is 0 Å². The summed E-state index contributed by atoms with van der Waals surface area (Å²) >= 11 is 11.9. The highest BCUT2D eigenvalue weighted by Crippen LogP contribution is 2.21. The van der Waals surface area contributed by atoms with Gasteiger partial charge in [-0.05, 0) is 36.2 Å². The van der Waals surface area contributed by atoms with Crippen molar-refractivity contribution < 1.29 is 14.3 Å². The van der Waals surface area contributed by atoms with Crippen molar-refractivity contribution >= 4 is 40.8 Å². The summed E-state index contributed by atoms with van der Waals surface area (Å²) in [7, 11) is 1.31. The Morgan fingerprint density at radius 3 is 2.60 bits per heavy atom. The van der Waals surface area contributed by atoms with Crippen LogP contribution in [0, 0.1) is 0 Å². The molecule has 5 nitrogen and oxygen atoms in total. The van der Waals surface area contributed by atoms with Crippen LogP contribution in [0.2, 0.25) is 10.0 Å². The lowest BCUT2D eigenvalue weighted by molar-refractivity contribution is -0.119. The fourth-order valence-electron chi connectivity index (χ4n) is 2.22. The lowest BCUT2D eigenvalue weighted by Gasteiger charge is -2.11. The van der Waals surface area contributed by atoms with Gasteiger partial charge in [0.1, 0.15) is 0 Å². The van der Waals surface area contributed by atoms with E-state index < -0.39 is 5.97 Å². The number of carbonyl (C=O) groups is 2. The molecule has 0 spiro atoms. The molecule has 0 aromatic heterocycles. The second-order valence-corrected chi connectivity index (χ2v) is 6.07. The predicted octanol–water partition coefficient (Wildman–Crippen LogP) is 3.55. The molecule has 0 fully saturated rings. The van der Waals surface area contributed by atoms with E-state index in [9.17, 15) is 9.59 Å². The van der Waals surface area contributed by atoms with Crippen LogP contribution in [0.5, 0.6) is 0 Å². The summed E-state index contributed by atoms with van der Waals surface area (Å²) in [5, 5.41) is 6.89. The number of hydrogen-bond donors (Lipinski definition) is 2. The average molecular weight is 381 g/mol. The quantitative estimate of drug-likeness (QED) is 0.720. The molecule has 7 heteroatoms. The third-order valence-electron chi connectivity index (χ3n) is 3.50. The van der Waals surface area contributed by atoms with Crippen LogP contribution in [0.15, 0.2) is 42.5 Å². The fourth-order valence-corrected chi connectivity index (χ4v) is 2.73. The van der Waals surface area contributed by atoms with Gasteiger partial charge in [-0.25, -0.2) is 4.79 Å². The third kappa shape index (κ3) is 5.66. The summed E-state index contributed by atoms with van der Waals surface area (Å²) in [5.74, 6) is -0.648. The number of halogens is 2. The number of para-hydroxylation sites is 1. The van der Waals surface area contributed by atoms with E-state index in [0.717, 1.165) is 5.56 Å². The van der Waals surface area contributed by atoms with Gasteiger partial charge in [-0.1, -0.05) is 41.4 Å². The zero-order valence-corrected chi connectivity index (χ0v) is 15.2. The van der Waals surface area contributed by atoms with Gasteiger partial charge in [0.2, 0.25) is 5.91 Å². The summed E-state index contributed by atoms with van der Waals surface area (Å²) in [5.41, 5.74) is 1.84. The molecule has 2 aromatic carbocycles. The summed E-state index contributed by atoms with van der Waals surface area (Å²) < 4.78 is 4.72. The predicted molar refractivity (Wildman–Crippen MR) is 99.4 cm³/mol. The molecule has 0 aliphatic carbocycles. The van der Waals surface area contributed by atoms with Gasteiger partial charge in [-0.2, -0.15) is 0 Å². The molecular formula is C18H18Cl2N2O3. The van der Waals surface area contributed by atoms with Crippen LogP contribution in [0.3, 0.4) is 0 Å². The van der Waals surface area contributed by atoms with E-state index in [1.54, 1.807) is 36.4 Å². The zero-order valence-electron chi connectivity index (χ0n) is 13.6. The van der Waals surface area contributed by atoms with E-state index in [1.165, 1.54) is 7.11 Å². The maximum absolute atomic E-state index is 12.0. The monoisotopic (exact) mass is 380 g/mol. The normalized spacial score (nSPS) is 10.2. The van der Waals surface area contributed by atoms with Crippen LogP contribution < -0.4 is 10.6 Å². The van der Waals surface area contributed by atoms with Gasteiger partial charge >= 0.3 is 5.97 Å². The molecule has 1 amide bonds. The molecule has 0 aliphatic heterocycles. The second-order valence-electron chi connectivity index (χ2n) is 5.23. The smallest absolute Gasteiger partial charge is 0.339 e. The Kier molecular flexibility index (Phi) is 7.10. The van der Waals surface area contributed by atoms with Crippen molar-refractivity contribution in [1.29, 1.82) is 0 Å². The summed E-state index contributed by atoms with van der Waals surface area (Å²) in [6, 6.07) is 12.1. The average Bonchev–Trinajstić information content (AvgIpc) is 2.61. The number of benzene rings is 2. The number of amides is 1. The number of nitrogens with one attached hydrogen (secondary N) is 2. The molecule has 2 N–H and O–H groups in total. The summed E-state index contributed by atoms with van der Waals surface area (Å²) in [6.45, 7) is 0.489. The minimum Gasteiger partial charge on any atom is -0.465 e. The summed E-state index contributed by atoms with van der Waals surface area (Å²) in [4.78, 5) is 23.6. The van der Waals surface area contributed by atoms with Crippen LogP contribution in [0.1, 0.15) is 15.9 Å².